The van der Waals surface area contributed by atoms with E-state index < -0.39 is 29.8 Å². The molecule has 0 aromatic heterocycles. The van der Waals surface area contributed by atoms with Gasteiger partial charge in [0, 0.05) is 28.7 Å². The summed E-state index contributed by atoms with van der Waals surface area (Å²) in [4.78, 5) is 61.2. The van der Waals surface area contributed by atoms with Gasteiger partial charge in [-0.1, -0.05) is 74.3 Å². The van der Waals surface area contributed by atoms with Crippen LogP contribution in [-0.2, 0) is 28.7 Å². The Kier molecular flexibility index (Phi) is 16.0. The fourth-order valence-corrected chi connectivity index (χ4v) is 6.52. The van der Waals surface area contributed by atoms with Gasteiger partial charge in [0.05, 0.1) is 25.4 Å². The molecule has 1 aliphatic carbocycles. The minimum Gasteiger partial charge on any atom is -0.493 e. The van der Waals surface area contributed by atoms with Crippen LogP contribution in [0.1, 0.15) is 73.0 Å². The van der Waals surface area contributed by atoms with Crippen molar-refractivity contribution >= 4 is 35.9 Å². The zero-order valence-electron chi connectivity index (χ0n) is 37.6. The lowest BCUT2D eigenvalue weighted by Gasteiger charge is -2.20. The quantitative estimate of drug-likeness (QED) is 0.0419. The van der Waals surface area contributed by atoms with Crippen molar-refractivity contribution in [1.29, 1.82) is 0 Å². The predicted molar refractivity (Wildman–Crippen MR) is 252 cm³/mol. The van der Waals surface area contributed by atoms with E-state index >= 15 is 0 Å². The first-order valence-electron chi connectivity index (χ1n) is 21.5. The molecule has 1 unspecified atom stereocenters. The Morgan fingerprint density at radius 3 is 1.77 bits per heavy atom. The first-order valence-corrected chi connectivity index (χ1v) is 21.5. The molecule has 5 aromatic rings. The van der Waals surface area contributed by atoms with Gasteiger partial charge >= 0.3 is 29.8 Å². The van der Waals surface area contributed by atoms with E-state index in [2.05, 4.69) is 50.1 Å². The second-order valence-electron chi connectivity index (χ2n) is 16.3. The molecule has 1 saturated carbocycles. The summed E-state index contributed by atoms with van der Waals surface area (Å²) in [5, 5.41) is 0. The van der Waals surface area contributed by atoms with E-state index in [-0.39, 0.29) is 48.4 Å². The monoisotopic (exact) mass is 888 g/mol. The largest absolute Gasteiger partial charge is 0.493 e. The summed E-state index contributed by atoms with van der Waals surface area (Å²) in [5.41, 5.74) is 7.85. The summed E-state index contributed by atoms with van der Waals surface area (Å²) >= 11 is 0. The summed E-state index contributed by atoms with van der Waals surface area (Å²) in [5.74, 6) is -0.841. The van der Waals surface area contributed by atoms with Crippen LogP contribution < -0.4 is 18.9 Å². The number of ether oxygens (including phenoxy) is 6. The number of esters is 5. The first kappa shape index (κ1) is 47.7. The molecule has 11 nitrogen and oxygen atoms in total. The van der Waals surface area contributed by atoms with E-state index in [9.17, 15) is 24.0 Å². The van der Waals surface area contributed by atoms with Crippen LogP contribution in [0.25, 0.3) is 28.3 Å². The van der Waals surface area contributed by atoms with Gasteiger partial charge in [-0.05, 0) is 152 Å². The molecule has 6 rings (SSSR count). The van der Waals surface area contributed by atoms with Gasteiger partial charge in [-0.25, -0.2) is 24.0 Å². The Balaban J connectivity index is 1.01. The molecule has 5 aromatic carbocycles. The van der Waals surface area contributed by atoms with E-state index in [1.54, 1.807) is 45.9 Å². The van der Waals surface area contributed by atoms with Gasteiger partial charge in [0.15, 0.2) is 0 Å². The summed E-state index contributed by atoms with van der Waals surface area (Å²) < 4.78 is 33.3. The molecule has 0 N–H and O–H groups in total. The van der Waals surface area contributed by atoms with Gasteiger partial charge < -0.3 is 28.4 Å². The van der Waals surface area contributed by atoms with Crippen molar-refractivity contribution in [3.05, 3.63) is 174 Å². The number of carbonyl (C=O) groups excluding carboxylic acids is 5. The average Bonchev–Trinajstić information content (AvgIpc) is 4.16. The third-order valence-corrected chi connectivity index (χ3v) is 10.5. The number of hydrogen-bond acceptors (Lipinski definition) is 11. The maximum absolute atomic E-state index is 12.8. The molecule has 1 aliphatic rings. The van der Waals surface area contributed by atoms with Gasteiger partial charge in [0.2, 0.25) is 0 Å². The molecule has 0 radical (unpaired) electrons. The number of carbonyl (C=O) groups is 5. The van der Waals surface area contributed by atoms with Crippen molar-refractivity contribution in [3.8, 4) is 45.3 Å². The number of benzene rings is 5. The van der Waals surface area contributed by atoms with Crippen LogP contribution in [0.2, 0.25) is 0 Å². The van der Waals surface area contributed by atoms with Crippen LogP contribution in [0.3, 0.4) is 0 Å². The highest BCUT2D eigenvalue weighted by Crippen LogP contribution is 2.46. The highest BCUT2D eigenvalue weighted by molar-refractivity contribution is 5.92. The Labute approximate surface area is 385 Å². The van der Waals surface area contributed by atoms with Gasteiger partial charge in [0.25, 0.3) is 0 Å². The fourth-order valence-electron chi connectivity index (χ4n) is 6.52. The molecule has 0 aliphatic heterocycles. The molecule has 0 bridgehead atoms. The molecular weight excluding hydrogens is 837 g/mol. The Morgan fingerprint density at radius 1 is 0.606 bits per heavy atom. The van der Waals surface area contributed by atoms with Crippen molar-refractivity contribution in [2.24, 2.45) is 5.92 Å². The molecule has 0 amide bonds. The third kappa shape index (κ3) is 13.6. The van der Waals surface area contributed by atoms with Crippen molar-refractivity contribution in [3.63, 3.8) is 0 Å². The molecule has 11 heteroatoms. The summed E-state index contributed by atoms with van der Waals surface area (Å²) in [6, 6.07) is 33.0. The second kappa shape index (κ2) is 22.2. The molecule has 338 valence electrons. The molecule has 0 saturated heterocycles. The summed E-state index contributed by atoms with van der Waals surface area (Å²) in [6.07, 6.45) is 5.63. The molecule has 1 atom stereocenters. The van der Waals surface area contributed by atoms with Crippen LogP contribution >= 0.6 is 0 Å². The van der Waals surface area contributed by atoms with E-state index in [4.69, 9.17) is 28.4 Å². The van der Waals surface area contributed by atoms with Gasteiger partial charge in [-0.2, -0.15) is 0 Å². The van der Waals surface area contributed by atoms with Crippen LogP contribution in [0, 0.1) is 12.8 Å². The van der Waals surface area contributed by atoms with Crippen molar-refractivity contribution in [1.82, 2.24) is 0 Å². The third-order valence-electron chi connectivity index (χ3n) is 10.5. The summed E-state index contributed by atoms with van der Waals surface area (Å²) in [7, 11) is 0. The summed E-state index contributed by atoms with van der Waals surface area (Å²) in [6.45, 7) is 17.8. The van der Waals surface area contributed by atoms with Crippen LogP contribution in [0.4, 0.5) is 0 Å². The van der Waals surface area contributed by atoms with E-state index in [1.807, 2.05) is 36.4 Å². The van der Waals surface area contributed by atoms with Crippen LogP contribution in [0.15, 0.2) is 152 Å². The lowest BCUT2D eigenvalue weighted by atomic mass is 9.97. The average molecular weight is 889 g/mol. The first-order chi connectivity index (χ1) is 31.6. The molecular formula is C55H52O11. The number of aryl methyl sites for hydroxylation is 1. The normalized spacial score (nSPS) is 12.4. The smallest absolute Gasteiger partial charge is 0.343 e. The maximum Gasteiger partial charge on any atom is 0.343 e. The topological polar surface area (TPSA) is 141 Å². The molecule has 1 fully saturated rings. The number of hydrogen-bond donors (Lipinski definition) is 0. The SMILES string of the molecule is C=C(C)C(=O)OCCC(COC(=O)C(=C)C)COc1ccc(-c2ccc(-c3ccc(/C=C/C(=O)Oc4ccc(OC(=O)c5ccc(OC(=O)C(=C)C)cc5)cc4C)cc3)cc2)cc1C1CC1. The molecule has 0 spiro atoms. The predicted octanol–water partition coefficient (Wildman–Crippen LogP) is 11.1. The zero-order chi connectivity index (χ0) is 47.3. The van der Waals surface area contributed by atoms with Crippen molar-refractivity contribution < 1.29 is 52.4 Å². The minimum absolute atomic E-state index is 0.105. The van der Waals surface area contributed by atoms with Gasteiger partial charge in [-0.3, -0.25) is 0 Å². The van der Waals surface area contributed by atoms with E-state index in [0.717, 1.165) is 52.0 Å². The Hall–Kier alpha value is -7.79. The Bertz CT molecular complexity index is 2670. The molecule has 66 heavy (non-hydrogen) atoms. The van der Waals surface area contributed by atoms with Crippen molar-refractivity contribution in [2.45, 2.75) is 52.9 Å². The number of rotatable bonds is 20. The second-order valence-corrected chi connectivity index (χ2v) is 16.3. The minimum atomic E-state index is -0.608. The maximum atomic E-state index is 12.8. The van der Waals surface area contributed by atoms with Crippen LogP contribution in [0.5, 0.6) is 23.0 Å². The van der Waals surface area contributed by atoms with E-state index in [0.29, 0.717) is 34.8 Å². The lowest BCUT2D eigenvalue weighted by Crippen LogP contribution is -2.23. The van der Waals surface area contributed by atoms with E-state index in [1.165, 1.54) is 36.4 Å². The Morgan fingerprint density at radius 2 is 1.17 bits per heavy atom. The van der Waals surface area contributed by atoms with Crippen LogP contribution in [-0.4, -0.2) is 49.7 Å². The lowest BCUT2D eigenvalue weighted by molar-refractivity contribution is -0.143. The van der Waals surface area contributed by atoms with Gasteiger partial charge in [0.1, 0.15) is 23.0 Å². The molecule has 0 heterocycles. The highest BCUT2D eigenvalue weighted by Gasteiger charge is 2.28. The fraction of sp³-hybridized carbons (Fsp3) is 0.218. The van der Waals surface area contributed by atoms with Crippen molar-refractivity contribution in [2.75, 3.05) is 19.8 Å². The highest BCUT2D eigenvalue weighted by atomic mass is 16.6. The standard InChI is InChI=1S/C55H52O11/c1-34(2)52(57)61-29-28-39(33-63-53(58)35(3)4)32-62-50-25-21-45(31-48(50)43-17-18-43)42-15-13-41(14-16-42)40-11-8-38(9-12-40)10-27-51(56)66-49-26-24-47(30-37(49)7)65-55(60)44-19-22-46(23-20-44)64-54(59)36(5)6/h8-16,19-27,30-31,39,43H,1,3,5,17-18,28-29,32-33H2,2,4,6-7H3/b27-10+. The zero-order valence-corrected chi connectivity index (χ0v) is 37.6. The van der Waals surface area contributed by atoms with Gasteiger partial charge in [-0.15, -0.1) is 0 Å².